The van der Waals surface area contributed by atoms with Crippen molar-refractivity contribution in [3.63, 3.8) is 0 Å². The van der Waals surface area contributed by atoms with Crippen molar-refractivity contribution < 1.29 is 4.79 Å². The van der Waals surface area contributed by atoms with Gasteiger partial charge in [0.2, 0.25) is 11.7 Å². The van der Waals surface area contributed by atoms with E-state index < -0.39 is 0 Å². The van der Waals surface area contributed by atoms with Crippen LogP contribution in [0.4, 0.5) is 5.69 Å². The molecular formula is C17H19N5O2S. The van der Waals surface area contributed by atoms with Gasteiger partial charge in [-0.3, -0.25) is 19.0 Å². The van der Waals surface area contributed by atoms with Crippen LogP contribution in [-0.2, 0) is 11.2 Å². The molecular weight excluding hydrogens is 338 g/mol. The molecule has 0 radical (unpaired) electrons. The van der Waals surface area contributed by atoms with E-state index in [1.165, 1.54) is 17.8 Å². The molecule has 2 aromatic heterocycles. The van der Waals surface area contributed by atoms with E-state index >= 15 is 0 Å². The SMILES string of the molecule is CCc1cc(=O)[nH]c2nnc(SCC(=O)Nc3ccc(C)cc3C)n12. The minimum Gasteiger partial charge on any atom is -0.325 e. The van der Waals surface area contributed by atoms with Gasteiger partial charge in [-0.05, 0) is 31.9 Å². The lowest BCUT2D eigenvalue weighted by molar-refractivity contribution is -0.113. The second kappa shape index (κ2) is 7.10. The van der Waals surface area contributed by atoms with Gasteiger partial charge in [0.1, 0.15) is 0 Å². The molecule has 0 aliphatic heterocycles. The predicted octanol–water partition coefficient (Wildman–Crippen LogP) is 2.33. The first-order valence-corrected chi connectivity index (χ1v) is 8.93. The molecule has 0 atom stereocenters. The van der Waals surface area contributed by atoms with Crippen LogP contribution in [0.15, 0.2) is 34.2 Å². The second-order valence-electron chi connectivity index (χ2n) is 5.78. The molecule has 0 aliphatic rings. The first-order chi connectivity index (χ1) is 12.0. The lowest BCUT2D eigenvalue weighted by atomic mass is 10.1. The number of aromatic nitrogens is 4. The third kappa shape index (κ3) is 3.74. The number of carbonyl (C=O) groups is 1. The highest BCUT2D eigenvalue weighted by molar-refractivity contribution is 7.99. The van der Waals surface area contributed by atoms with Crippen LogP contribution < -0.4 is 10.9 Å². The first-order valence-electron chi connectivity index (χ1n) is 7.95. The lowest BCUT2D eigenvalue weighted by Crippen LogP contribution is -2.15. The summed E-state index contributed by atoms with van der Waals surface area (Å²) in [6, 6.07) is 7.42. The molecule has 1 amide bonds. The number of aryl methyl sites for hydroxylation is 3. The fourth-order valence-electron chi connectivity index (χ4n) is 2.60. The van der Waals surface area contributed by atoms with Crippen LogP contribution in [0, 0.1) is 13.8 Å². The van der Waals surface area contributed by atoms with Crippen molar-refractivity contribution in [2.45, 2.75) is 32.3 Å². The smallest absolute Gasteiger partial charge is 0.252 e. The van der Waals surface area contributed by atoms with Gasteiger partial charge in [-0.1, -0.05) is 36.4 Å². The number of rotatable bonds is 5. The number of H-pyrrole nitrogens is 1. The van der Waals surface area contributed by atoms with E-state index in [0.29, 0.717) is 17.4 Å². The van der Waals surface area contributed by atoms with Crippen LogP contribution in [0.2, 0.25) is 0 Å². The Hall–Kier alpha value is -2.61. The summed E-state index contributed by atoms with van der Waals surface area (Å²) in [6.07, 6.45) is 0.667. The van der Waals surface area contributed by atoms with Gasteiger partial charge in [-0.15, -0.1) is 10.2 Å². The topological polar surface area (TPSA) is 92.2 Å². The molecule has 0 saturated heterocycles. The number of carbonyl (C=O) groups excluding carboxylic acids is 1. The normalized spacial score (nSPS) is 11.0. The first kappa shape index (κ1) is 17.2. The zero-order valence-corrected chi connectivity index (χ0v) is 15.1. The van der Waals surface area contributed by atoms with E-state index in [9.17, 15) is 9.59 Å². The summed E-state index contributed by atoms with van der Waals surface area (Å²) in [5, 5.41) is 11.6. The molecule has 8 heteroatoms. The summed E-state index contributed by atoms with van der Waals surface area (Å²) < 4.78 is 1.77. The molecule has 7 nitrogen and oxygen atoms in total. The van der Waals surface area contributed by atoms with Gasteiger partial charge in [-0.25, -0.2) is 0 Å². The van der Waals surface area contributed by atoms with Crippen LogP contribution in [0.3, 0.4) is 0 Å². The van der Waals surface area contributed by atoms with Gasteiger partial charge in [0.25, 0.3) is 5.56 Å². The van der Waals surface area contributed by atoms with Crippen LogP contribution in [0.25, 0.3) is 5.78 Å². The Labute approximate surface area is 148 Å². The van der Waals surface area contributed by atoms with E-state index in [2.05, 4.69) is 20.5 Å². The minimum absolute atomic E-state index is 0.115. The summed E-state index contributed by atoms with van der Waals surface area (Å²) in [5.74, 6) is 0.481. The van der Waals surface area contributed by atoms with Crippen molar-refractivity contribution in [3.05, 3.63) is 51.4 Å². The number of amides is 1. The molecule has 1 aromatic carbocycles. The summed E-state index contributed by atoms with van der Waals surface area (Å²) in [4.78, 5) is 26.5. The summed E-state index contributed by atoms with van der Waals surface area (Å²) in [6.45, 7) is 5.93. The van der Waals surface area contributed by atoms with Gasteiger partial charge >= 0.3 is 0 Å². The fourth-order valence-corrected chi connectivity index (χ4v) is 3.36. The molecule has 2 N–H and O–H groups in total. The number of fused-ring (bicyclic) bond motifs is 1. The Kier molecular flexibility index (Phi) is 4.89. The molecule has 2 heterocycles. The van der Waals surface area contributed by atoms with Crippen molar-refractivity contribution in [1.82, 2.24) is 19.6 Å². The molecule has 0 saturated carbocycles. The Bertz CT molecular complexity index is 992. The maximum atomic E-state index is 12.2. The lowest BCUT2D eigenvalue weighted by Gasteiger charge is -2.09. The molecule has 0 bridgehead atoms. The Morgan fingerprint density at radius 1 is 1.28 bits per heavy atom. The van der Waals surface area contributed by atoms with E-state index in [1.54, 1.807) is 4.40 Å². The Morgan fingerprint density at radius 3 is 2.80 bits per heavy atom. The summed E-state index contributed by atoms with van der Waals surface area (Å²) >= 11 is 1.28. The molecule has 3 rings (SSSR count). The highest BCUT2D eigenvalue weighted by Gasteiger charge is 2.13. The standard InChI is InChI=1S/C17H19N5O2S/c1-4-12-8-14(23)19-16-20-21-17(22(12)16)25-9-15(24)18-13-6-5-10(2)7-11(13)3/h5-8H,4,9H2,1-3H3,(H,18,24)(H,19,20,23). The van der Waals surface area contributed by atoms with E-state index in [1.807, 2.05) is 39.0 Å². The van der Waals surface area contributed by atoms with Crippen molar-refractivity contribution in [2.24, 2.45) is 0 Å². The van der Waals surface area contributed by atoms with Crippen LogP contribution in [0.5, 0.6) is 0 Å². The highest BCUT2D eigenvalue weighted by atomic mass is 32.2. The van der Waals surface area contributed by atoms with Crippen LogP contribution in [0.1, 0.15) is 23.7 Å². The molecule has 3 aromatic rings. The number of aromatic amines is 1. The fraction of sp³-hybridized carbons (Fsp3) is 0.294. The molecule has 0 spiro atoms. The zero-order valence-electron chi connectivity index (χ0n) is 14.3. The zero-order chi connectivity index (χ0) is 18.0. The minimum atomic E-state index is -0.208. The average molecular weight is 357 g/mol. The number of benzene rings is 1. The number of anilines is 1. The third-order valence-electron chi connectivity index (χ3n) is 3.80. The molecule has 25 heavy (non-hydrogen) atoms. The van der Waals surface area contributed by atoms with Crippen molar-refractivity contribution in [1.29, 1.82) is 0 Å². The largest absolute Gasteiger partial charge is 0.325 e. The summed E-state index contributed by atoms with van der Waals surface area (Å²) in [7, 11) is 0. The molecule has 130 valence electrons. The highest BCUT2D eigenvalue weighted by Crippen LogP contribution is 2.20. The van der Waals surface area contributed by atoms with Crippen molar-refractivity contribution in [3.8, 4) is 0 Å². The Morgan fingerprint density at radius 2 is 2.08 bits per heavy atom. The number of hydrogen-bond acceptors (Lipinski definition) is 5. The van der Waals surface area contributed by atoms with E-state index in [0.717, 1.165) is 22.5 Å². The van der Waals surface area contributed by atoms with Crippen LogP contribution >= 0.6 is 11.8 Å². The third-order valence-corrected chi connectivity index (χ3v) is 4.73. The number of thioether (sulfide) groups is 1. The quantitative estimate of drug-likeness (QED) is 0.684. The van der Waals surface area contributed by atoms with Gasteiger partial charge in [0.15, 0.2) is 5.16 Å². The van der Waals surface area contributed by atoms with E-state index in [4.69, 9.17) is 0 Å². The number of nitrogens with one attached hydrogen (secondary N) is 2. The predicted molar refractivity (Wildman–Crippen MR) is 98.3 cm³/mol. The Balaban J connectivity index is 1.74. The van der Waals surface area contributed by atoms with Gasteiger partial charge in [-0.2, -0.15) is 0 Å². The monoisotopic (exact) mass is 357 g/mol. The van der Waals surface area contributed by atoms with E-state index in [-0.39, 0.29) is 17.2 Å². The second-order valence-corrected chi connectivity index (χ2v) is 6.72. The van der Waals surface area contributed by atoms with Gasteiger partial charge in [0.05, 0.1) is 5.75 Å². The van der Waals surface area contributed by atoms with Gasteiger partial charge in [0, 0.05) is 17.4 Å². The maximum Gasteiger partial charge on any atom is 0.252 e. The maximum absolute atomic E-state index is 12.2. The number of hydrogen-bond donors (Lipinski definition) is 2. The number of nitrogens with zero attached hydrogens (tertiary/aromatic N) is 3. The summed E-state index contributed by atoms with van der Waals surface area (Å²) in [5.41, 5.74) is 3.58. The van der Waals surface area contributed by atoms with Crippen molar-refractivity contribution >= 4 is 29.1 Å². The van der Waals surface area contributed by atoms with Crippen molar-refractivity contribution in [2.75, 3.05) is 11.1 Å². The molecule has 0 fully saturated rings. The molecule has 0 unspecified atom stereocenters. The molecule has 0 aliphatic carbocycles. The van der Waals surface area contributed by atoms with Gasteiger partial charge < -0.3 is 5.32 Å². The average Bonchev–Trinajstić information content (AvgIpc) is 2.97. The van der Waals surface area contributed by atoms with Crippen LogP contribution in [-0.4, -0.2) is 31.2 Å².